The molecule has 2 heterocycles. The van der Waals surface area contributed by atoms with E-state index in [2.05, 4.69) is 20.0 Å². The predicted molar refractivity (Wildman–Crippen MR) is 124 cm³/mol. The Labute approximate surface area is 187 Å². The van der Waals surface area contributed by atoms with Crippen LogP contribution in [0.25, 0.3) is 10.8 Å². The molecule has 8 heteroatoms. The molecule has 0 aliphatic heterocycles. The Kier molecular flexibility index (Phi) is 6.81. The van der Waals surface area contributed by atoms with Gasteiger partial charge in [-0.05, 0) is 60.7 Å². The highest BCUT2D eigenvalue weighted by Gasteiger charge is 2.29. The van der Waals surface area contributed by atoms with Crippen LogP contribution in [0, 0.1) is 11.7 Å². The van der Waals surface area contributed by atoms with Crippen LogP contribution in [-0.2, 0) is 15.8 Å². The number of amides is 1. The van der Waals surface area contributed by atoms with Crippen molar-refractivity contribution < 1.29 is 13.4 Å². The smallest absolute Gasteiger partial charge is 0.227 e. The van der Waals surface area contributed by atoms with Gasteiger partial charge in [0.15, 0.2) is 11.0 Å². The maximum Gasteiger partial charge on any atom is 0.227 e. The molecule has 1 saturated carbocycles. The molecule has 0 radical (unpaired) electrons. The summed E-state index contributed by atoms with van der Waals surface area (Å²) in [6.45, 7) is 0. The number of benzene rings is 2. The van der Waals surface area contributed by atoms with Crippen LogP contribution in [0.4, 0.5) is 15.9 Å². The summed E-state index contributed by atoms with van der Waals surface area (Å²) in [7, 11) is -1.63. The normalized spacial score (nSPS) is 13.5. The minimum absolute atomic E-state index is 0.119. The summed E-state index contributed by atoms with van der Waals surface area (Å²) in [5, 5.41) is 5.13. The topological polar surface area (TPSA) is 84.0 Å². The summed E-state index contributed by atoms with van der Waals surface area (Å²) >= 11 is 0. The Morgan fingerprint density at radius 1 is 0.969 bits per heavy atom. The van der Waals surface area contributed by atoms with E-state index in [0.717, 1.165) is 29.3 Å². The van der Waals surface area contributed by atoms with Crippen LogP contribution in [-0.4, -0.2) is 20.1 Å². The summed E-state index contributed by atoms with van der Waals surface area (Å²) < 4.78 is 27.7. The Morgan fingerprint density at radius 3 is 2.53 bits per heavy atom. The maximum atomic E-state index is 13.3. The average molecular weight is 449 g/mol. The van der Waals surface area contributed by atoms with Gasteiger partial charge in [0.2, 0.25) is 5.91 Å². The van der Waals surface area contributed by atoms with E-state index in [1.807, 2.05) is 30.5 Å². The maximum absolute atomic E-state index is 13.3. The van der Waals surface area contributed by atoms with Gasteiger partial charge in [0.1, 0.15) is 11.6 Å². The highest BCUT2D eigenvalue weighted by atomic mass is 32.2. The molecule has 0 spiro atoms. The number of pyridine rings is 2. The lowest BCUT2D eigenvalue weighted by Gasteiger charge is -2.05. The first-order valence-electron chi connectivity index (χ1n) is 10.1. The number of fused-ring (bicyclic) bond motifs is 1. The lowest BCUT2D eigenvalue weighted by molar-refractivity contribution is -0.117. The average Bonchev–Trinajstić information content (AvgIpc) is 3.66. The molecule has 1 unspecified atom stereocenters. The minimum atomic E-state index is -1.63. The molecule has 2 aromatic carbocycles. The fourth-order valence-electron chi connectivity index (χ4n) is 2.92. The van der Waals surface area contributed by atoms with E-state index in [9.17, 15) is 13.4 Å². The molecule has 0 saturated heterocycles. The molecule has 162 valence electrons. The Hall–Kier alpha value is -3.65. The largest absolute Gasteiger partial charge is 0.326 e. The van der Waals surface area contributed by atoms with E-state index in [-0.39, 0.29) is 16.7 Å². The highest BCUT2D eigenvalue weighted by molar-refractivity contribution is 7.86. The molecule has 4 aromatic rings. The van der Waals surface area contributed by atoms with E-state index in [1.54, 1.807) is 42.7 Å². The van der Waals surface area contributed by atoms with Gasteiger partial charge in [-0.15, -0.1) is 0 Å². The third kappa shape index (κ3) is 5.73. The van der Waals surface area contributed by atoms with Gasteiger partial charge in [-0.2, -0.15) is 0 Å². The summed E-state index contributed by atoms with van der Waals surface area (Å²) in [6.07, 6.45) is 7.21. The van der Waals surface area contributed by atoms with Gasteiger partial charge < -0.3 is 5.32 Å². The molecular weight excluding hydrogens is 427 g/mol. The van der Waals surface area contributed by atoms with Crippen molar-refractivity contribution >= 4 is 39.2 Å². The number of carbonyl (C=O) groups is 1. The molecule has 1 aliphatic carbocycles. The summed E-state index contributed by atoms with van der Waals surface area (Å²) in [4.78, 5) is 19.7. The van der Waals surface area contributed by atoms with Crippen LogP contribution in [0.1, 0.15) is 12.8 Å². The van der Waals surface area contributed by atoms with Crippen LogP contribution >= 0.6 is 0 Å². The van der Waals surface area contributed by atoms with Gasteiger partial charge >= 0.3 is 0 Å². The number of nitrogens with one attached hydrogen (secondary N) is 2. The van der Waals surface area contributed by atoms with Crippen LogP contribution in [0.5, 0.6) is 0 Å². The molecule has 1 amide bonds. The van der Waals surface area contributed by atoms with Gasteiger partial charge in [-0.25, -0.2) is 13.6 Å². The van der Waals surface area contributed by atoms with Crippen molar-refractivity contribution in [1.82, 2.24) is 9.97 Å². The lowest BCUT2D eigenvalue weighted by atomic mass is 10.1. The van der Waals surface area contributed by atoms with E-state index < -0.39 is 16.8 Å². The molecule has 1 fully saturated rings. The zero-order chi connectivity index (χ0) is 22.3. The molecule has 0 bridgehead atoms. The van der Waals surface area contributed by atoms with Gasteiger partial charge in [-0.3, -0.25) is 14.5 Å². The molecule has 32 heavy (non-hydrogen) atoms. The SMILES string of the molecule is O=C(Nc1ccc2cnccc2c1)C1CC1.O=S(Nc1ccccn1)c1ccccc1F. The van der Waals surface area contributed by atoms with Gasteiger partial charge in [-0.1, -0.05) is 24.3 Å². The quantitative estimate of drug-likeness (QED) is 0.453. The van der Waals surface area contributed by atoms with Crippen LogP contribution in [0.15, 0.2) is 90.2 Å². The zero-order valence-electron chi connectivity index (χ0n) is 17.1. The third-order valence-electron chi connectivity index (χ3n) is 4.75. The van der Waals surface area contributed by atoms with E-state index in [0.29, 0.717) is 5.82 Å². The van der Waals surface area contributed by atoms with Crippen LogP contribution in [0.2, 0.25) is 0 Å². The number of halogens is 1. The fraction of sp³-hybridized carbons (Fsp3) is 0.125. The standard InChI is InChI=1S/C13H12N2O.C11H9FN2OS/c16-13(9-1-2-9)15-12-4-3-11-8-14-6-5-10(11)7-12;12-9-5-1-2-6-10(9)16(15)14-11-7-3-4-8-13-11/h3-9H,1-2H2,(H,15,16);1-8H,(H,13,14). The summed E-state index contributed by atoms with van der Waals surface area (Å²) in [5.41, 5.74) is 0.871. The van der Waals surface area contributed by atoms with Gasteiger partial charge in [0.25, 0.3) is 0 Å². The molecule has 6 nitrogen and oxygen atoms in total. The molecule has 5 rings (SSSR count). The second-order valence-electron chi connectivity index (χ2n) is 7.22. The number of aromatic nitrogens is 2. The Balaban J connectivity index is 0.000000153. The monoisotopic (exact) mass is 448 g/mol. The minimum Gasteiger partial charge on any atom is -0.326 e. The number of nitrogens with zero attached hydrogens (tertiary/aromatic N) is 2. The Bertz CT molecular complexity index is 1250. The van der Waals surface area contributed by atoms with Crippen molar-refractivity contribution in [3.63, 3.8) is 0 Å². The molecule has 1 aliphatic rings. The van der Waals surface area contributed by atoms with E-state index >= 15 is 0 Å². The Morgan fingerprint density at radius 2 is 1.78 bits per heavy atom. The molecule has 2 aromatic heterocycles. The number of anilines is 2. The van der Waals surface area contributed by atoms with Crippen molar-refractivity contribution in [2.45, 2.75) is 17.7 Å². The lowest BCUT2D eigenvalue weighted by Crippen LogP contribution is -2.12. The van der Waals surface area contributed by atoms with Crippen molar-refractivity contribution in [2.75, 3.05) is 10.0 Å². The van der Waals surface area contributed by atoms with Gasteiger partial charge in [0, 0.05) is 35.6 Å². The molecular formula is C24H21FN4O2S. The van der Waals surface area contributed by atoms with Crippen molar-refractivity contribution in [1.29, 1.82) is 0 Å². The fourth-order valence-corrected chi connectivity index (χ4v) is 3.79. The van der Waals surface area contributed by atoms with E-state index in [4.69, 9.17) is 0 Å². The van der Waals surface area contributed by atoms with Crippen LogP contribution in [0.3, 0.4) is 0 Å². The van der Waals surface area contributed by atoms with E-state index in [1.165, 1.54) is 12.1 Å². The second kappa shape index (κ2) is 10.1. The van der Waals surface area contributed by atoms with Crippen molar-refractivity contribution in [2.24, 2.45) is 5.92 Å². The first-order valence-corrected chi connectivity index (χ1v) is 11.2. The van der Waals surface area contributed by atoms with Crippen LogP contribution < -0.4 is 10.0 Å². The van der Waals surface area contributed by atoms with Crippen molar-refractivity contribution in [3.05, 3.63) is 91.1 Å². The molecule has 1 atom stereocenters. The summed E-state index contributed by atoms with van der Waals surface area (Å²) in [6, 6.07) is 18.9. The van der Waals surface area contributed by atoms with Crippen molar-refractivity contribution in [3.8, 4) is 0 Å². The highest BCUT2D eigenvalue weighted by Crippen LogP contribution is 2.30. The first-order chi connectivity index (χ1) is 15.6. The number of rotatable bonds is 5. The number of hydrogen-bond donors (Lipinski definition) is 2. The second-order valence-corrected chi connectivity index (χ2v) is 8.40. The van der Waals surface area contributed by atoms with Gasteiger partial charge in [0.05, 0.1) is 4.90 Å². The number of hydrogen-bond acceptors (Lipinski definition) is 4. The first kappa shape index (κ1) is 21.6. The summed E-state index contributed by atoms with van der Waals surface area (Å²) in [5.74, 6) is 0.342. The zero-order valence-corrected chi connectivity index (χ0v) is 17.9. The predicted octanol–water partition coefficient (Wildman–Crippen LogP) is 4.94. The molecule has 2 N–H and O–H groups in total. The third-order valence-corrected chi connectivity index (χ3v) is 5.88. The number of carbonyl (C=O) groups excluding carboxylic acids is 1.